The molecule has 2 saturated heterocycles. The molecule has 3 fully saturated rings. The molecule has 0 bridgehead atoms. The fourth-order valence-corrected chi connectivity index (χ4v) is 3.69. The van der Waals surface area contributed by atoms with Crippen molar-refractivity contribution in [2.24, 2.45) is 11.8 Å². The summed E-state index contributed by atoms with van der Waals surface area (Å²) in [5.74, 6) is 1.64. The Morgan fingerprint density at radius 1 is 0.944 bits per heavy atom. The topological polar surface area (TPSA) is 32.3 Å². The van der Waals surface area contributed by atoms with Gasteiger partial charge in [-0.05, 0) is 57.5 Å². The molecule has 0 spiro atoms. The number of amides is 1. The van der Waals surface area contributed by atoms with Crippen LogP contribution in [0.1, 0.15) is 51.4 Å². The van der Waals surface area contributed by atoms with Crippen LogP contribution in [0.3, 0.4) is 0 Å². The van der Waals surface area contributed by atoms with Gasteiger partial charge in [-0.15, -0.1) is 0 Å². The minimum absolute atomic E-state index is 0.396. The van der Waals surface area contributed by atoms with Crippen LogP contribution in [0.15, 0.2) is 0 Å². The molecule has 1 N–H and O–H groups in total. The zero-order valence-corrected chi connectivity index (χ0v) is 11.4. The van der Waals surface area contributed by atoms with Gasteiger partial charge in [0, 0.05) is 18.5 Å². The Labute approximate surface area is 110 Å². The summed E-state index contributed by atoms with van der Waals surface area (Å²) >= 11 is 0. The summed E-state index contributed by atoms with van der Waals surface area (Å²) in [7, 11) is 0. The highest BCUT2D eigenvalue weighted by atomic mass is 16.2. The van der Waals surface area contributed by atoms with E-state index >= 15 is 0 Å². The minimum Gasteiger partial charge on any atom is -0.339 e. The van der Waals surface area contributed by atoms with E-state index in [-0.39, 0.29) is 0 Å². The third-order valence-corrected chi connectivity index (χ3v) is 4.94. The average molecular weight is 250 g/mol. The van der Waals surface area contributed by atoms with Crippen molar-refractivity contribution in [2.75, 3.05) is 19.6 Å². The first-order chi connectivity index (χ1) is 8.86. The molecule has 1 amide bonds. The summed E-state index contributed by atoms with van der Waals surface area (Å²) in [4.78, 5) is 14.8. The lowest BCUT2D eigenvalue weighted by molar-refractivity contribution is -0.136. The molecule has 0 aromatic heterocycles. The van der Waals surface area contributed by atoms with Crippen LogP contribution in [-0.2, 0) is 4.79 Å². The van der Waals surface area contributed by atoms with Gasteiger partial charge in [0.05, 0.1) is 0 Å². The lowest BCUT2D eigenvalue weighted by atomic mass is 9.86. The molecule has 1 saturated carbocycles. The maximum atomic E-state index is 12.5. The third-order valence-electron chi connectivity index (χ3n) is 4.94. The number of hydrogen-bond acceptors (Lipinski definition) is 2. The Morgan fingerprint density at radius 2 is 1.72 bits per heavy atom. The smallest absolute Gasteiger partial charge is 0.225 e. The van der Waals surface area contributed by atoms with Gasteiger partial charge in [0.15, 0.2) is 0 Å². The molecule has 2 aliphatic heterocycles. The fourth-order valence-electron chi connectivity index (χ4n) is 3.69. The third kappa shape index (κ3) is 2.71. The van der Waals surface area contributed by atoms with Gasteiger partial charge in [0.25, 0.3) is 0 Å². The van der Waals surface area contributed by atoms with Gasteiger partial charge in [-0.1, -0.05) is 12.8 Å². The Kier molecular flexibility index (Phi) is 3.88. The Bertz CT molecular complexity index is 295. The molecule has 1 aliphatic carbocycles. The van der Waals surface area contributed by atoms with Crippen LogP contribution in [0.25, 0.3) is 0 Å². The molecule has 3 nitrogen and oxygen atoms in total. The Balaban J connectivity index is 1.70. The van der Waals surface area contributed by atoms with Crippen molar-refractivity contribution in [3.8, 4) is 0 Å². The summed E-state index contributed by atoms with van der Waals surface area (Å²) in [5, 5.41) is 3.45. The molecule has 102 valence electrons. The van der Waals surface area contributed by atoms with Gasteiger partial charge in [-0.25, -0.2) is 0 Å². The van der Waals surface area contributed by atoms with E-state index in [0.717, 1.165) is 38.4 Å². The molecular weight excluding hydrogens is 224 g/mol. The quantitative estimate of drug-likeness (QED) is 0.814. The number of nitrogens with one attached hydrogen (secondary N) is 1. The van der Waals surface area contributed by atoms with Gasteiger partial charge in [0.1, 0.15) is 0 Å². The van der Waals surface area contributed by atoms with Gasteiger partial charge < -0.3 is 10.2 Å². The predicted molar refractivity (Wildman–Crippen MR) is 72.3 cm³/mol. The molecular formula is C15H26N2O. The number of piperidine rings is 1. The van der Waals surface area contributed by atoms with E-state index in [1.165, 1.54) is 38.5 Å². The molecule has 1 unspecified atom stereocenters. The minimum atomic E-state index is 0.396. The second kappa shape index (κ2) is 5.60. The van der Waals surface area contributed by atoms with Gasteiger partial charge in [-0.3, -0.25) is 4.79 Å². The second-order valence-corrected chi connectivity index (χ2v) is 6.31. The SMILES string of the molecule is O=C(C1CC1)N1CCCCCC1C1CCNCC1. The monoisotopic (exact) mass is 250 g/mol. The molecule has 3 rings (SSSR count). The molecule has 18 heavy (non-hydrogen) atoms. The van der Waals surface area contributed by atoms with Gasteiger partial charge in [-0.2, -0.15) is 0 Å². The maximum absolute atomic E-state index is 12.5. The van der Waals surface area contributed by atoms with Gasteiger partial charge in [0.2, 0.25) is 5.91 Å². The van der Waals surface area contributed by atoms with Crippen LogP contribution in [0.2, 0.25) is 0 Å². The number of likely N-dealkylation sites (tertiary alicyclic amines) is 1. The summed E-state index contributed by atoms with van der Waals surface area (Å²) in [6, 6.07) is 0.558. The largest absolute Gasteiger partial charge is 0.339 e. The fraction of sp³-hybridized carbons (Fsp3) is 0.933. The van der Waals surface area contributed by atoms with Crippen LogP contribution >= 0.6 is 0 Å². The number of nitrogens with zero attached hydrogens (tertiary/aromatic N) is 1. The lowest BCUT2D eigenvalue weighted by Gasteiger charge is -2.38. The van der Waals surface area contributed by atoms with E-state index in [1.54, 1.807) is 0 Å². The molecule has 1 atom stereocenters. The standard InChI is InChI=1S/C15H26N2O/c18-15(13-5-6-13)17-11-3-1-2-4-14(17)12-7-9-16-10-8-12/h12-14,16H,1-11H2. The Hall–Kier alpha value is -0.570. The van der Waals surface area contributed by atoms with E-state index in [2.05, 4.69) is 10.2 Å². The second-order valence-electron chi connectivity index (χ2n) is 6.31. The molecule has 0 aromatic rings. The summed E-state index contributed by atoms with van der Waals surface area (Å²) in [6.45, 7) is 3.32. The number of rotatable bonds is 2. The average Bonchev–Trinajstić information content (AvgIpc) is 3.25. The molecule has 3 aliphatic rings. The molecule has 0 radical (unpaired) electrons. The van der Waals surface area contributed by atoms with Gasteiger partial charge >= 0.3 is 0 Å². The maximum Gasteiger partial charge on any atom is 0.225 e. The number of carbonyl (C=O) groups is 1. The van der Waals surface area contributed by atoms with Crippen LogP contribution in [0.5, 0.6) is 0 Å². The molecule has 0 aromatic carbocycles. The van der Waals surface area contributed by atoms with Crippen LogP contribution in [0.4, 0.5) is 0 Å². The van der Waals surface area contributed by atoms with Crippen molar-refractivity contribution < 1.29 is 4.79 Å². The van der Waals surface area contributed by atoms with Crippen LogP contribution < -0.4 is 5.32 Å². The Morgan fingerprint density at radius 3 is 2.44 bits per heavy atom. The van der Waals surface area contributed by atoms with Crippen molar-refractivity contribution in [3.63, 3.8) is 0 Å². The first-order valence-corrected chi connectivity index (χ1v) is 7.87. The zero-order chi connectivity index (χ0) is 12.4. The van der Waals surface area contributed by atoms with Crippen molar-refractivity contribution in [1.29, 1.82) is 0 Å². The first kappa shape index (κ1) is 12.5. The highest BCUT2D eigenvalue weighted by Crippen LogP contribution is 2.35. The van der Waals surface area contributed by atoms with Crippen molar-refractivity contribution in [1.82, 2.24) is 10.2 Å². The van der Waals surface area contributed by atoms with Crippen molar-refractivity contribution in [2.45, 2.75) is 57.4 Å². The molecule has 3 heteroatoms. The van der Waals surface area contributed by atoms with Crippen LogP contribution in [0, 0.1) is 11.8 Å². The lowest BCUT2D eigenvalue weighted by Crippen LogP contribution is -2.47. The van der Waals surface area contributed by atoms with E-state index < -0.39 is 0 Å². The van der Waals surface area contributed by atoms with E-state index in [9.17, 15) is 4.79 Å². The number of carbonyl (C=O) groups excluding carboxylic acids is 1. The van der Waals surface area contributed by atoms with E-state index in [0.29, 0.717) is 17.9 Å². The number of hydrogen-bond donors (Lipinski definition) is 1. The van der Waals surface area contributed by atoms with Crippen molar-refractivity contribution >= 4 is 5.91 Å². The highest BCUT2D eigenvalue weighted by Gasteiger charge is 2.39. The summed E-state index contributed by atoms with van der Waals surface area (Å²) in [6.07, 6.45) is 9.93. The molecule has 2 heterocycles. The normalized spacial score (nSPS) is 31.1. The van der Waals surface area contributed by atoms with Crippen molar-refractivity contribution in [3.05, 3.63) is 0 Å². The zero-order valence-electron chi connectivity index (χ0n) is 11.4. The summed E-state index contributed by atoms with van der Waals surface area (Å²) in [5.41, 5.74) is 0. The van der Waals surface area contributed by atoms with E-state index in [1.807, 2.05) is 0 Å². The summed E-state index contributed by atoms with van der Waals surface area (Å²) < 4.78 is 0. The predicted octanol–water partition coefficient (Wildman–Crippen LogP) is 2.17. The first-order valence-electron chi connectivity index (χ1n) is 7.87. The highest BCUT2D eigenvalue weighted by molar-refractivity contribution is 5.81. The van der Waals surface area contributed by atoms with E-state index in [4.69, 9.17) is 0 Å². The van der Waals surface area contributed by atoms with Crippen LogP contribution in [-0.4, -0.2) is 36.5 Å².